The van der Waals surface area contributed by atoms with Crippen LogP contribution in [0.15, 0.2) is 0 Å². The summed E-state index contributed by atoms with van der Waals surface area (Å²) in [5.74, 6) is 2.81. The average Bonchev–Trinajstić information content (AvgIpc) is 2.69. The third kappa shape index (κ3) is 3.50. The number of thioether (sulfide) groups is 1. The number of nitrogens with zero attached hydrogens (tertiary/aromatic N) is 1. The Morgan fingerprint density at radius 2 is 2.43 bits per heavy atom. The Morgan fingerprint density at radius 3 is 3.00 bits per heavy atom. The predicted molar refractivity (Wildman–Crippen MR) is 61.6 cm³/mol. The van der Waals surface area contributed by atoms with Gasteiger partial charge in [0.05, 0.1) is 0 Å². The lowest BCUT2D eigenvalue weighted by Gasteiger charge is -2.20. The standard InChI is InChI=1S/C10H20N2OS/c1-11-5-3-6-12(2)10(13)9-4-7-14-8-9/h9,11H,3-8H2,1-2H3. The number of rotatable bonds is 5. The lowest BCUT2D eigenvalue weighted by Crippen LogP contribution is -2.34. The van der Waals surface area contributed by atoms with Crippen molar-refractivity contribution in [2.75, 3.05) is 38.7 Å². The summed E-state index contributed by atoms with van der Waals surface area (Å²) in [7, 11) is 3.86. The van der Waals surface area contributed by atoms with E-state index in [0.29, 0.717) is 11.8 Å². The van der Waals surface area contributed by atoms with Gasteiger partial charge in [0.15, 0.2) is 0 Å². The van der Waals surface area contributed by atoms with Crippen LogP contribution in [0.3, 0.4) is 0 Å². The van der Waals surface area contributed by atoms with Crippen molar-refractivity contribution in [2.45, 2.75) is 12.8 Å². The maximum absolute atomic E-state index is 11.8. The summed E-state index contributed by atoms with van der Waals surface area (Å²) >= 11 is 1.90. The molecule has 1 atom stereocenters. The van der Waals surface area contributed by atoms with Crippen LogP contribution in [-0.4, -0.2) is 49.5 Å². The first-order valence-corrected chi connectivity index (χ1v) is 6.38. The molecule has 1 amide bonds. The van der Waals surface area contributed by atoms with Crippen LogP contribution in [0.5, 0.6) is 0 Å². The number of carbonyl (C=O) groups excluding carboxylic acids is 1. The molecule has 1 fully saturated rings. The fourth-order valence-electron chi connectivity index (χ4n) is 1.64. The Bertz CT molecular complexity index is 181. The molecule has 0 aliphatic carbocycles. The molecule has 1 unspecified atom stereocenters. The lowest BCUT2D eigenvalue weighted by molar-refractivity contribution is -0.133. The van der Waals surface area contributed by atoms with Gasteiger partial charge in [-0.25, -0.2) is 0 Å². The van der Waals surface area contributed by atoms with Crippen molar-refractivity contribution in [1.82, 2.24) is 10.2 Å². The van der Waals surface area contributed by atoms with Crippen molar-refractivity contribution in [3.8, 4) is 0 Å². The summed E-state index contributed by atoms with van der Waals surface area (Å²) in [6.45, 7) is 1.86. The van der Waals surface area contributed by atoms with Crippen LogP contribution in [-0.2, 0) is 4.79 Å². The Labute approximate surface area is 90.6 Å². The third-order valence-electron chi connectivity index (χ3n) is 2.58. The van der Waals surface area contributed by atoms with E-state index in [9.17, 15) is 4.79 Å². The van der Waals surface area contributed by atoms with E-state index in [4.69, 9.17) is 0 Å². The highest BCUT2D eigenvalue weighted by Gasteiger charge is 2.25. The highest BCUT2D eigenvalue weighted by molar-refractivity contribution is 7.99. The number of carbonyl (C=O) groups is 1. The van der Waals surface area contributed by atoms with Gasteiger partial charge in [-0.3, -0.25) is 4.79 Å². The van der Waals surface area contributed by atoms with E-state index in [1.165, 1.54) is 0 Å². The minimum atomic E-state index is 0.291. The van der Waals surface area contributed by atoms with Crippen LogP contribution in [0.25, 0.3) is 0 Å². The molecule has 0 saturated carbocycles. The van der Waals surface area contributed by atoms with E-state index in [0.717, 1.165) is 37.4 Å². The molecule has 0 radical (unpaired) electrons. The molecule has 82 valence electrons. The van der Waals surface area contributed by atoms with Crippen LogP contribution < -0.4 is 5.32 Å². The summed E-state index contributed by atoms with van der Waals surface area (Å²) < 4.78 is 0. The van der Waals surface area contributed by atoms with E-state index < -0.39 is 0 Å². The summed E-state index contributed by atoms with van der Waals surface area (Å²) in [6.07, 6.45) is 2.11. The van der Waals surface area contributed by atoms with Gasteiger partial charge >= 0.3 is 0 Å². The zero-order valence-electron chi connectivity index (χ0n) is 9.08. The molecule has 1 rings (SSSR count). The smallest absolute Gasteiger partial charge is 0.226 e. The molecule has 0 aromatic carbocycles. The van der Waals surface area contributed by atoms with E-state index in [1.54, 1.807) is 0 Å². The molecule has 0 aromatic rings. The summed E-state index contributed by atoms with van der Waals surface area (Å²) in [4.78, 5) is 13.7. The highest BCUT2D eigenvalue weighted by Crippen LogP contribution is 2.24. The second kappa shape index (κ2) is 6.30. The van der Waals surface area contributed by atoms with Crippen molar-refractivity contribution in [3.05, 3.63) is 0 Å². The van der Waals surface area contributed by atoms with Crippen molar-refractivity contribution in [1.29, 1.82) is 0 Å². The molecule has 1 N–H and O–H groups in total. The quantitative estimate of drug-likeness (QED) is 0.690. The number of hydrogen-bond donors (Lipinski definition) is 1. The molecular weight excluding hydrogens is 196 g/mol. The average molecular weight is 216 g/mol. The van der Waals surface area contributed by atoms with Crippen molar-refractivity contribution in [2.24, 2.45) is 5.92 Å². The fraction of sp³-hybridized carbons (Fsp3) is 0.900. The summed E-state index contributed by atoms with van der Waals surface area (Å²) in [5.41, 5.74) is 0. The minimum absolute atomic E-state index is 0.291. The van der Waals surface area contributed by atoms with Crippen LogP contribution >= 0.6 is 11.8 Å². The Morgan fingerprint density at radius 1 is 1.64 bits per heavy atom. The first kappa shape index (κ1) is 11.9. The molecule has 4 heteroatoms. The van der Waals surface area contributed by atoms with Gasteiger partial charge in [-0.15, -0.1) is 0 Å². The third-order valence-corrected chi connectivity index (χ3v) is 3.74. The zero-order valence-corrected chi connectivity index (χ0v) is 9.90. The maximum Gasteiger partial charge on any atom is 0.226 e. The van der Waals surface area contributed by atoms with Gasteiger partial charge in [0.25, 0.3) is 0 Å². The van der Waals surface area contributed by atoms with Gasteiger partial charge in [-0.05, 0) is 32.2 Å². The lowest BCUT2D eigenvalue weighted by atomic mass is 10.1. The fourth-order valence-corrected chi connectivity index (χ4v) is 2.86. The van der Waals surface area contributed by atoms with E-state index in [-0.39, 0.29) is 0 Å². The van der Waals surface area contributed by atoms with Crippen LogP contribution in [0.1, 0.15) is 12.8 Å². The summed E-state index contributed by atoms with van der Waals surface area (Å²) in [5, 5.41) is 3.09. The van der Waals surface area contributed by atoms with Crippen molar-refractivity contribution in [3.63, 3.8) is 0 Å². The topological polar surface area (TPSA) is 32.3 Å². The van der Waals surface area contributed by atoms with Gasteiger partial charge in [0.1, 0.15) is 0 Å². The van der Waals surface area contributed by atoms with Crippen LogP contribution in [0, 0.1) is 5.92 Å². The SMILES string of the molecule is CNCCCN(C)C(=O)C1CCSC1. The number of nitrogens with one attached hydrogen (secondary N) is 1. The summed E-state index contributed by atoms with van der Waals surface area (Å²) in [6, 6.07) is 0. The Hall–Kier alpha value is -0.220. The van der Waals surface area contributed by atoms with Gasteiger partial charge < -0.3 is 10.2 Å². The van der Waals surface area contributed by atoms with E-state index in [2.05, 4.69) is 5.32 Å². The normalized spacial score (nSPS) is 21.1. The monoisotopic (exact) mass is 216 g/mol. The van der Waals surface area contributed by atoms with Crippen molar-refractivity contribution >= 4 is 17.7 Å². The van der Waals surface area contributed by atoms with Crippen LogP contribution in [0.4, 0.5) is 0 Å². The largest absolute Gasteiger partial charge is 0.345 e. The Kier molecular flexibility index (Phi) is 5.33. The van der Waals surface area contributed by atoms with Crippen LogP contribution in [0.2, 0.25) is 0 Å². The highest BCUT2D eigenvalue weighted by atomic mass is 32.2. The molecule has 1 heterocycles. The molecular formula is C10H20N2OS. The Balaban J connectivity index is 2.21. The second-order valence-corrected chi connectivity index (χ2v) is 4.93. The van der Waals surface area contributed by atoms with E-state index in [1.807, 2.05) is 30.8 Å². The molecule has 0 spiro atoms. The van der Waals surface area contributed by atoms with E-state index >= 15 is 0 Å². The molecule has 1 aliphatic rings. The first-order chi connectivity index (χ1) is 6.75. The van der Waals surface area contributed by atoms with Gasteiger partial charge in [0.2, 0.25) is 5.91 Å². The molecule has 0 bridgehead atoms. The van der Waals surface area contributed by atoms with Gasteiger partial charge in [0, 0.05) is 25.3 Å². The molecule has 1 saturated heterocycles. The second-order valence-electron chi connectivity index (χ2n) is 3.78. The molecule has 1 aliphatic heterocycles. The number of hydrogen-bond acceptors (Lipinski definition) is 3. The van der Waals surface area contributed by atoms with Crippen molar-refractivity contribution < 1.29 is 4.79 Å². The maximum atomic E-state index is 11.8. The first-order valence-electron chi connectivity index (χ1n) is 5.23. The van der Waals surface area contributed by atoms with Gasteiger partial charge in [-0.2, -0.15) is 11.8 Å². The minimum Gasteiger partial charge on any atom is -0.345 e. The van der Waals surface area contributed by atoms with Gasteiger partial charge in [-0.1, -0.05) is 0 Å². The predicted octanol–water partition coefficient (Wildman–Crippen LogP) is 0.807. The number of amides is 1. The molecule has 0 aromatic heterocycles. The molecule has 14 heavy (non-hydrogen) atoms. The molecule has 3 nitrogen and oxygen atoms in total. The zero-order chi connectivity index (χ0) is 10.4.